The fraction of sp³-hybridized carbons (Fsp3) is 0.583. The number of rotatable bonds is 6. The number of hydrogen-bond donors (Lipinski definition) is 1. The van der Waals surface area contributed by atoms with E-state index in [4.69, 9.17) is 0 Å². The maximum atomic E-state index is 3.97. The molecule has 78 valence electrons. The molecule has 2 heteroatoms. The first-order valence-electron chi connectivity index (χ1n) is 5.43. The van der Waals surface area contributed by atoms with Crippen molar-refractivity contribution >= 4 is 5.69 Å². The van der Waals surface area contributed by atoms with Crippen LogP contribution in [-0.2, 0) is 0 Å². The largest absolute Gasteiger partial charge is 0.385 e. The third kappa shape index (κ3) is 4.85. The van der Waals surface area contributed by atoms with Gasteiger partial charge in [-0.3, -0.25) is 4.98 Å². The second kappa shape index (κ2) is 6.41. The molecule has 0 bridgehead atoms. The number of anilines is 1. The van der Waals surface area contributed by atoms with E-state index in [1.165, 1.54) is 24.9 Å². The lowest BCUT2D eigenvalue weighted by molar-refractivity contribution is 0.545. The van der Waals surface area contributed by atoms with Crippen molar-refractivity contribution in [3.05, 3.63) is 24.5 Å². The number of unbranched alkanes of at least 4 members (excludes halogenated alkanes) is 1. The van der Waals surface area contributed by atoms with Crippen LogP contribution in [0.25, 0.3) is 0 Å². The molecule has 0 aromatic carbocycles. The highest BCUT2D eigenvalue weighted by Gasteiger charge is 1.94. The van der Waals surface area contributed by atoms with Gasteiger partial charge in [-0.05, 0) is 24.5 Å². The fourth-order valence-corrected chi connectivity index (χ4v) is 1.38. The first-order chi connectivity index (χ1) is 6.79. The quantitative estimate of drug-likeness (QED) is 0.699. The Balaban J connectivity index is 2.05. The van der Waals surface area contributed by atoms with Crippen molar-refractivity contribution in [2.45, 2.75) is 33.1 Å². The summed E-state index contributed by atoms with van der Waals surface area (Å²) in [6, 6.07) is 4.00. The molecule has 0 saturated carbocycles. The lowest BCUT2D eigenvalue weighted by Crippen LogP contribution is -2.01. The summed E-state index contributed by atoms with van der Waals surface area (Å²) in [5, 5.41) is 3.38. The zero-order valence-electron chi connectivity index (χ0n) is 9.16. The molecule has 0 fully saturated rings. The van der Waals surface area contributed by atoms with Gasteiger partial charge in [0.2, 0.25) is 0 Å². The number of pyridine rings is 1. The zero-order chi connectivity index (χ0) is 10.2. The number of aromatic nitrogens is 1. The summed E-state index contributed by atoms with van der Waals surface area (Å²) in [7, 11) is 0. The molecule has 0 spiro atoms. The van der Waals surface area contributed by atoms with Gasteiger partial charge < -0.3 is 5.32 Å². The average molecular weight is 192 g/mol. The molecule has 0 radical (unpaired) electrons. The van der Waals surface area contributed by atoms with Crippen LogP contribution in [0.3, 0.4) is 0 Å². The van der Waals surface area contributed by atoms with E-state index in [2.05, 4.69) is 24.1 Å². The van der Waals surface area contributed by atoms with E-state index >= 15 is 0 Å². The molecule has 0 atom stereocenters. The third-order valence-corrected chi connectivity index (χ3v) is 2.22. The van der Waals surface area contributed by atoms with E-state index in [-0.39, 0.29) is 0 Å². The Morgan fingerprint density at radius 3 is 2.57 bits per heavy atom. The van der Waals surface area contributed by atoms with Crippen molar-refractivity contribution in [3.63, 3.8) is 0 Å². The Kier molecular flexibility index (Phi) is 5.05. The third-order valence-electron chi connectivity index (χ3n) is 2.22. The maximum Gasteiger partial charge on any atom is 0.0371 e. The van der Waals surface area contributed by atoms with Crippen molar-refractivity contribution in [1.29, 1.82) is 0 Å². The highest BCUT2D eigenvalue weighted by Crippen LogP contribution is 2.07. The SMILES string of the molecule is CC(C)CCCCNc1ccncc1. The normalized spacial score (nSPS) is 10.5. The van der Waals surface area contributed by atoms with Crippen LogP contribution in [0.5, 0.6) is 0 Å². The summed E-state index contributed by atoms with van der Waals surface area (Å²) in [5.74, 6) is 0.830. The van der Waals surface area contributed by atoms with Crippen LogP contribution in [0.4, 0.5) is 5.69 Å². The molecule has 2 nitrogen and oxygen atoms in total. The van der Waals surface area contributed by atoms with Gasteiger partial charge in [0, 0.05) is 24.6 Å². The second-order valence-corrected chi connectivity index (χ2v) is 4.05. The standard InChI is InChI=1S/C12H20N2/c1-11(2)5-3-4-8-14-12-6-9-13-10-7-12/h6-7,9-11H,3-5,8H2,1-2H3,(H,13,14). The lowest BCUT2D eigenvalue weighted by Gasteiger charge is -2.06. The van der Waals surface area contributed by atoms with Crippen LogP contribution in [-0.4, -0.2) is 11.5 Å². The number of hydrogen-bond acceptors (Lipinski definition) is 2. The minimum Gasteiger partial charge on any atom is -0.385 e. The lowest BCUT2D eigenvalue weighted by atomic mass is 10.1. The Bertz CT molecular complexity index is 231. The fourth-order valence-electron chi connectivity index (χ4n) is 1.38. The molecular formula is C12H20N2. The summed E-state index contributed by atoms with van der Waals surface area (Å²) in [6.07, 6.45) is 7.53. The molecule has 14 heavy (non-hydrogen) atoms. The van der Waals surface area contributed by atoms with E-state index in [0.29, 0.717) is 0 Å². The summed E-state index contributed by atoms with van der Waals surface area (Å²) in [4.78, 5) is 3.97. The van der Waals surface area contributed by atoms with Crippen molar-refractivity contribution < 1.29 is 0 Å². The van der Waals surface area contributed by atoms with E-state index in [1.54, 1.807) is 0 Å². The Morgan fingerprint density at radius 2 is 1.93 bits per heavy atom. The zero-order valence-corrected chi connectivity index (χ0v) is 9.16. The van der Waals surface area contributed by atoms with E-state index in [1.807, 2.05) is 24.5 Å². The van der Waals surface area contributed by atoms with Gasteiger partial charge in [0.1, 0.15) is 0 Å². The van der Waals surface area contributed by atoms with Crippen LogP contribution < -0.4 is 5.32 Å². The first-order valence-corrected chi connectivity index (χ1v) is 5.43. The maximum absolute atomic E-state index is 3.97. The van der Waals surface area contributed by atoms with Crippen LogP contribution in [0.1, 0.15) is 33.1 Å². The average Bonchev–Trinajstić information content (AvgIpc) is 2.18. The molecule has 1 heterocycles. The van der Waals surface area contributed by atoms with Crippen molar-refractivity contribution in [1.82, 2.24) is 4.98 Å². The number of nitrogens with zero attached hydrogens (tertiary/aromatic N) is 1. The predicted molar refractivity (Wildman–Crippen MR) is 61.4 cm³/mol. The van der Waals surface area contributed by atoms with Crippen LogP contribution in [0.15, 0.2) is 24.5 Å². The highest BCUT2D eigenvalue weighted by molar-refractivity contribution is 5.40. The van der Waals surface area contributed by atoms with Crippen LogP contribution in [0, 0.1) is 5.92 Å². The molecule has 0 aliphatic heterocycles. The van der Waals surface area contributed by atoms with E-state index in [0.717, 1.165) is 12.5 Å². The van der Waals surface area contributed by atoms with Gasteiger partial charge in [0.15, 0.2) is 0 Å². The highest BCUT2D eigenvalue weighted by atomic mass is 14.9. The van der Waals surface area contributed by atoms with Gasteiger partial charge in [0.05, 0.1) is 0 Å². The second-order valence-electron chi connectivity index (χ2n) is 4.05. The smallest absolute Gasteiger partial charge is 0.0371 e. The molecule has 1 rings (SSSR count). The molecule has 0 saturated heterocycles. The minimum atomic E-state index is 0.830. The summed E-state index contributed by atoms with van der Waals surface area (Å²) in [5.41, 5.74) is 1.17. The predicted octanol–water partition coefficient (Wildman–Crippen LogP) is 3.32. The Hall–Kier alpha value is -1.05. The summed E-state index contributed by atoms with van der Waals surface area (Å²) in [6.45, 7) is 5.61. The monoisotopic (exact) mass is 192 g/mol. The summed E-state index contributed by atoms with van der Waals surface area (Å²) < 4.78 is 0. The van der Waals surface area contributed by atoms with Gasteiger partial charge in [-0.15, -0.1) is 0 Å². The Morgan fingerprint density at radius 1 is 1.21 bits per heavy atom. The van der Waals surface area contributed by atoms with Gasteiger partial charge in [-0.1, -0.05) is 26.7 Å². The van der Waals surface area contributed by atoms with Gasteiger partial charge >= 0.3 is 0 Å². The molecule has 1 aromatic heterocycles. The minimum absolute atomic E-state index is 0.830. The van der Waals surface area contributed by atoms with E-state index in [9.17, 15) is 0 Å². The van der Waals surface area contributed by atoms with Gasteiger partial charge in [-0.25, -0.2) is 0 Å². The van der Waals surface area contributed by atoms with Crippen LogP contribution in [0.2, 0.25) is 0 Å². The first kappa shape index (κ1) is 11.0. The van der Waals surface area contributed by atoms with Crippen LogP contribution >= 0.6 is 0 Å². The molecule has 0 aliphatic carbocycles. The molecular weight excluding hydrogens is 172 g/mol. The molecule has 0 unspecified atom stereocenters. The van der Waals surface area contributed by atoms with Crippen molar-refractivity contribution in [2.24, 2.45) is 5.92 Å². The van der Waals surface area contributed by atoms with Gasteiger partial charge in [0.25, 0.3) is 0 Å². The van der Waals surface area contributed by atoms with Crippen molar-refractivity contribution in [3.8, 4) is 0 Å². The van der Waals surface area contributed by atoms with E-state index < -0.39 is 0 Å². The summed E-state index contributed by atoms with van der Waals surface area (Å²) >= 11 is 0. The molecule has 1 N–H and O–H groups in total. The molecule has 0 amide bonds. The molecule has 1 aromatic rings. The topological polar surface area (TPSA) is 24.9 Å². The Labute approximate surface area is 86.8 Å². The molecule has 0 aliphatic rings. The van der Waals surface area contributed by atoms with Gasteiger partial charge in [-0.2, -0.15) is 0 Å². The number of nitrogens with one attached hydrogen (secondary N) is 1. The van der Waals surface area contributed by atoms with Crippen molar-refractivity contribution in [2.75, 3.05) is 11.9 Å².